The first-order valence-electron chi connectivity index (χ1n) is 8.90. The summed E-state index contributed by atoms with van der Waals surface area (Å²) < 4.78 is 62.0. The van der Waals surface area contributed by atoms with E-state index in [1.165, 1.54) is 30.6 Å². The number of aromatic nitrogens is 1. The van der Waals surface area contributed by atoms with Crippen LogP contribution in [0.2, 0.25) is 0 Å². The summed E-state index contributed by atoms with van der Waals surface area (Å²) in [6.07, 6.45) is -2.16. The standard InChI is InChI=1S/C21H18F4N2O3/c1-13-5-10-18(29-16-6-8-17(9-7-16)30-21(23,24)25)19(20(13)22)14(2)26-15-4-3-11-27(28)12-15/h3-12,14,26H,1-2H3. The molecule has 158 valence electrons. The minimum atomic E-state index is -4.80. The zero-order valence-electron chi connectivity index (χ0n) is 16.0. The minimum Gasteiger partial charge on any atom is -0.619 e. The van der Waals surface area contributed by atoms with Crippen molar-refractivity contribution >= 4 is 5.69 Å². The number of alkyl halides is 3. The van der Waals surface area contributed by atoms with Crippen molar-refractivity contribution in [2.75, 3.05) is 5.32 Å². The van der Waals surface area contributed by atoms with Gasteiger partial charge >= 0.3 is 6.36 Å². The molecule has 1 unspecified atom stereocenters. The van der Waals surface area contributed by atoms with E-state index >= 15 is 0 Å². The Hall–Kier alpha value is -3.49. The molecule has 3 aromatic rings. The fourth-order valence-electron chi connectivity index (χ4n) is 2.88. The molecule has 0 aliphatic heterocycles. The topological polar surface area (TPSA) is 57.4 Å². The quantitative estimate of drug-likeness (QED) is 0.318. The van der Waals surface area contributed by atoms with Gasteiger partial charge in [-0.2, -0.15) is 4.73 Å². The number of aryl methyl sites for hydroxylation is 1. The van der Waals surface area contributed by atoms with Crippen molar-refractivity contribution in [1.82, 2.24) is 0 Å². The largest absolute Gasteiger partial charge is 0.619 e. The normalized spacial score (nSPS) is 12.3. The van der Waals surface area contributed by atoms with Gasteiger partial charge in [0.15, 0.2) is 6.20 Å². The molecule has 1 heterocycles. The summed E-state index contributed by atoms with van der Waals surface area (Å²) in [5.41, 5.74) is 1.10. The fraction of sp³-hybridized carbons (Fsp3) is 0.190. The van der Waals surface area contributed by atoms with Gasteiger partial charge in [0.05, 0.1) is 11.6 Å². The highest BCUT2D eigenvalue weighted by molar-refractivity contribution is 5.48. The van der Waals surface area contributed by atoms with E-state index in [-0.39, 0.29) is 17.1 Å². The molecule has 1 aromatic heterocycles. The van der Waals surface area contributed by atoms with Crippen LogP contribution in [0.15, 0.2) is 60.9 Å². The molecule has 0 radical (unpaired) electrons. The van der Waals surface area contributed by atoms with Crippen LogP contribution in [0.25, 0.3) is 0 Å². The molecule has 0 saturated heterocycles. The Morgan fingerprint density at radius 2 is 1.70 bits per heavy atom. The van der Waals surface area contributed by atoms with Gasteiger partial charge in [0.25, 0.3) is 0 Å². The summed E-state index contributed by atoms with van der Waals surface area (Å²) in [7, 11) is 0. The molecule has 0 fully saturated rings. The summed E-state index contributed by atoms with van der Waals surface area (Å²) in [6.45, 7) is 3.31. The van der Waals surface area contributed by atoms with Crippen molar-refractivity contribution in [3.8, 4) is 17.2 Å². The Kier molecular flexibility index (Phi) is 6.00. The molecule has 1 atom stereocenters. The van der Waals surface area contributed by atoms with Crippen LogP contribution in [0.4, 0.5) is 23.2 Å². The number of benzene rings is 2. The molecular weight excluding hydrogens is 404 g/mol. The summed E-state index contributed by atoms with van der Waals surface area (Å²) >= 11 is 0. The van der Waals surface area contributed by atoms with E-state index in [1.54, 1.807) is 32.0 Å². The maximum atomic E-state index is 14.9. The number of hydrogen-bond donors (Lipinski definition) is 1. The van der Waals surface area contributed by atoms with Gasteiger partial charge in [-0.25, -0.2) is 4.39 Å². The molecule has 2 aromatic carbocycles. The van der Waals surface area contributed by atoms with Crippen LogP contribution >= 0.6 is 0 Å². The third-order valence-corrected chi connectivity index (χ3v) is 4.21. The Morgan fingerprint density at radius 3 is 2.33 bits per heavy atom. The Morgan fingerprint density at radius 1 is 1.03 bits per heavy atom. The molecule has 3 rings (SSSR count). The summed E-state index contributed by atoms with van der Waals surface area (Å²) in [6, 6.07) is 10.5. The maximum absolute atomic E-state index is 14.9. The van der Waals surface area contributed by atoms with Gasteiger partial charge in [-0.1, -0.05) is 6.07 Å². The molecule has 0 bridgehead atoms. The van der Waals surface area contributed by atoms with E-state index in [0.29, 0.717) is 16.0 Å². The highest BCUT2D eigenvalue weighted by atomic mass is 19.4. The summed E-state index contributed by atoms with van der Waals surface area (Å²) in [5, 5.41) is 14.5. The van der Waals surface area contributed by atoms with E-state index in [4.69, 9.17) is 4.74 Å². The van der Waals surface area contributed by atoms with Crippen molar-refractivity contribution in [3.63, 3.8) is 0 Å². The number of ether oxygens (including phenoxy) is 2. The number of rotatable bonds is 6. The van der Waals surface area contributed by atoms with Crippen molar-refractivity contribution in [1.29, 1.82) is 0 Å². The van der Waals surface area contributed by atoms with Crippen molar-refractivity contribution in [3.05, 3.63) is 83.1 Å². The number of hydrogen-bond acceptors (Lipinski definition) is 4. The molecule has 30 heavy (non-hydrogen) atoms. The van der Waals surface area contributed by atoms with Gasteiger partial charge < -0.3 is 20.0 Å². The van der Waals surface area contributed by atoms with E-state index in [0.717, 1.165) is 12.1 Å². The third-order valence-electron chi connectivity index (χ3n) is 4.21. The van der Waals surface area contributed by atoms with Gasteiger partial charge in [-0.15, -0.1) is 13.2 Å². The van der Waals surface area contributed by atoms with Crippen LogP contribution in [-0.4, -0.2) is 6.36 Å². The number of pyridine rings is 1. The number of anilines is 1. The van der Waals surface area contributed by atoms with Gasteiger partial charge in [0.1, 0.15) is 28.8 Å². The molecule has 1 N–H and O–H groups in total. The van der Waals surface area contributed by atoms with Crippen LogP contribution in [0.1, 0.15) is 24.1 Å². The van der Waals surface area contributed by atoms with Crippen molar-refractivity contribution in [2.45, 2.75) is 26.3 Å². The number of nitrogens with zero attached hydrogens (tertiary/aromatic N) is 1. The highest BCUT2D eigenvalue weighted by Crippen LogP contribution is 2.35. The van der Waals surface area contributed by atoms with Gasteiger partial charge in [0.2, 0.25) is 6.20 Å². The molecule has 0 amide bonds. The summed E-state index contributed by atoms with van der Waals surface area (Å²) in [5.74, 6) is -0.488. The predicted octanol–water partition coefficient (Wildman–Crippen LogP) is 5.63. The monoisotopic (exact) mass is 422 g/mol. The predicted molar refractivity (Wildman–Crippen MR) is 102 cm³/mol. The van der Waals surface area contributed by atoms with E-state index in [9.17, 15) is 22.8 Å². The van der Waals surface area contributed by atoms with Crippen molar-refractivity contribution < 1.29 is 31.8 Å². The number of nitrogens with one attached hydrogen (secondary N) is 1. The minimum absolute atomic E-state index is 0.188. The van der Waals surface area contributed by atoms with Crippen LogP contribution < -0.4 is 19.5 Å². The highest BCUT2D eigenvalue weighted by Gasteiger charge is 2.31. The second-order valence-corrected chi connectivity index (χ2v) is 6.55. The van der Waals surface area contributed by atoms with Gasteiger partial charge in [0, 0.05) is 6.07 Å². The van der Waals surface area contributed by atoms with Gasteiger partial charge in [-0.05, 0) is 55.8 Å². The maximum Gasteiger partial charge on any atom is 0.573 e. The smallest absolute Gasteiger partial charge is 0.573 e. The van der Waals surface area contributed by atoms with Crippen LogP contribution in [0.3, 0.4) is 0 Å². The molecule has 0 aliphatic carbocycles. The van der Waals surface area contributed by atoms with Crippen LogP contribution in [0, 0.1) is 17.9 Å². The second-order valence-electron chi connectivity index (χ2n) is 6.55. The summed E-state index contributed by atoms with van der Waals surface area (Å²) in [4.78, 5) is 0. The van der Waals surface area contributed by atoms with Crippen LogP contribution in [0.5, 0.6) is 17.2 Å². The molecule has 5 nitrogen and oxygen atoms in total. The van der Waals surface area contributed by atoms with E-state index < -0.39 is 24.0 Å². The first kappa shape index (κ1) is 21.2. The zero-order valence-corrected chi connectivity index (χ0v) is 16.0. The lowest BCUT2D eigenvalue weighted by molar-refractivity contribution is -0.604. The molecule has 0 aliphatic rings. The molecule has 9 heteroatoms. The molecule has 0 saturated carbocycles. The SMILES string of the molecule is Cc1ccc(Oc2ccc(OC(F)(F)F)cc2)c(C(C)Nc2ccc[n+]([O-])c2)c1F. The number of halogens is 4. The fourth-order valence-corrected chi connectivity index (χ4v) is 2.88. The van der Waals surface area contributed by atoms with Crippen LogP contribution in [-0.2, 0) is 0 Å². The zero-order chi connectivity index (χ0) is 21.9. The Bertz CT molecular complexity index is 1020. The van der Waals surface area contributed by atoms with Gasteiger partial charge in [-0.3, -0.25) is 0 Å². The average Bonchev–Trinajstić information content (AvgIpc) is 2.65. The van der Waals surface area contributed by atoms with Crippen molar-refractivity contribution in [2.24, 2.45) is 0 Å². The lowest BCUT2D eigenvalue weighted by Gasteiger charge is -2.20. The first-order valence-corrected chi connectivity index (χ1v) is 8.90. The molecule has 0 spiro atoms. The Labute approximate surface area is 170 Å². The van der Waals surface area contributed by atoms with E-state index in [1.807, 2.05) is 0 Å². The van der Waals surface area contributed by atoms with E-state index in [2.05, 4.69) is 10.1 Å². The first-order chi connectivity index (χ1) is 14.1. The lowest BCUT2D eigenvalue weighted by atomic mass is 10.0. The third kappa shape index (κ3) is 5.31. The average molecular weight is 422 g/mol. The lowest BCUT2D eigenvalue weighted by Crippen LogP contribution is -2.25. The molecular formula is C21H18F4N2O3. The Balaban J connectivity index is 1.86. The second kappa shape index (κ2) is 8.48.